The van der Waals surface area contributed by atoms with Gasteiger partial charge in [-0.15, -0.1) is 0 Å². The summed E-state index contributed by atoms with van der Waals surface area (Å²) in [5, 5.41) is 7.69. The van der Waals surface area contributed by atoms with Crippen molar-refractivity contribution in [3.63, 3.8) is 0 Å². The number of hydrogen-bond acceptors (Lipinski definition) is 2. The third-order valence-corrected chi connectivity index (χ3v) is 2.96. The molecule has 0 aliphatic carbocycles. The smallest absolute Gasteiger partial charge is 0.267 e. The zero-order valence-corrected chi connectivity index (χ0v) is 13.3. The average Bonchev–Trinajstić information content (AvgIpc) is 2.38. The van der Waals surface area contributed by atoms with Crippen LogP contribution in [0, 0.1) is 17.2 Å². The lowest BCUT2D eigenvalue weighted by Gasteiger charge is -2.24. The fourth-order valence-corrected chi connectivity index (χ4v) is 1.76. The van der Waals surface area contributed by atoms with Crippen LogP contribution in [0.4, 0.5) is 0 Å². The van der Waals surface area contributed by atoms with E-state index in [0.29, 0.717) is 5.92 Å². The number of carbonyl (C=O) groups excluding carboxylic acids is 1. The molecule has 3 nitrogen and oxygen atoms in total. The third kappa shape index (κ3) is 7.46. The largest absolute Gasteiger partial charge is 0.340 e. The first-order valence-corrected chi connectivity index (χ1v) is 7.27. The number of nitrogens with zero attached hydrogens (tertiary/aromatic N) is 1. The van der Waals surface area contributed by atoms with Crippen molar-refractivity contribution in [3.05, 3.63) is 0 Å². The quantitative estimate of drug-likeness (QED) is 0.688. The lowest BCUT2D eigenvalue weighted by molar-refractivity contribution is -0.123. The highest BCUT2D eigenvalue weighted by atomic mass is 16.2. The van der Waals surface area contributed by atoms with Gasteiger partial charge in [0.2, 0.25) is 0 Å². The van der Waals surface area contributed by atoms with Gasteiger partial charge in [-0.05, 0) is 12.3 Å². The van der Waals surface area contributed by atoms with E-state index >= 15 is 0 Å². The first-order valence-electron chi connectivity index (χ1n) is 7.27. The first kappa shape index (κ1) is 19.5. The zero-order chi connectivity index (χ0) is 14.7. The van der Waals surface area contributed by atoms with Gasteiger partial charge in [0.05, 0.1) is 5.71 Å². The summed E-state index contributed by atoms with van der Waals surface area (Å²) in [6, 6.07) is 0. The van der Waals surface area contributed by atoms with Gasteiger partial charge in [0.25, 0.3) is 5.91 Å². The Balaban J connectivity index is 0. The van der Waals surface area contributed by atoms with Crippen molar-refractivity contribution >= 4 is 11.6 Å². The molecule has 0 aliphatic heterocycles. The van der Waals surface area contributed by atoms with Crippen LogP contribution in [-0.4, -0.2) is 30.1 Å². The van der Waals surface area contributed by atoms with Gasteiger partial charge in [0.15, 0.2) is 0 Å². The topological polar surface area (TPSA) is 44.2 Å². The molecule has 0 aromatic carbocycles. The second-order valence-corrected chi connectivity index (χ2v) is 4.82. The van der Waals surface area contributed by atoms with Crippen molar-refractivity contribution in [2.45, 2.75) is 60.8 Å². The standard InChI is InChI=1S/C13H26N2O.C2H6/c1-6-8-11(7-2)9-15(5)13(16)12(14)10(3)4;1-2/h10-11,14H,6-9H2,1-5H3;1-2H3. The van der Waals surface area contributed by atoms with Gasteiger partial charge < -0.3 is 4.90 Å². The Bertz CT molecular complexity index is 237. The molecule has 1 amide bonds. The molecule has 1 atom stereocenters. The van der Waals surface area contributed by atoms with Crippen molar-refractivity contribution in [1.29, 1.82) is 5.41 Å². The number of amides is 1. The van der Waals surface area contributed by atoms with Crippen LogP contribution >= 0.6 is 0 Å². The Kier molecular flexibility index (Phi) is 12.2. The Labute approximate surface area is 113 Å². The van der Waals surface area contributed by atoms with Gasteiger partial charge in [0, 0.05) is 19.5 Å². The van der Waals surface area contributed by atoms with Gasteiger partial charge in [-0.2, -0.15) is 0 Å². The summed E-state index contributed by atoms with van der Waals surface area (Å²) < 4.78 is 0. The molecule has 0 aliphatic rings. The lowest BCUT2D eigenvalue weighted by atomic mass is 9.99. The van der Waals surface area contributed by atoms with Gasteiger partial charge in [-0.3, -0.25) is 10.2 Å². The molecule has 0 aromatic rings. The fourth-order valence-electron chi connectivity index (χ4n) is 1.76. The molecule has 0 aromatic heterocycles. The molecule has 18 heavy (non-hydrogen) atoms. The molecule has 1 N–H and O–H groups in total. The van der Waals surface area contributed by atoms with E-state index in [1.54, 1.807) is 11.9 Å². The summed E-state index contributed by atoms with van der Waals surface area (Å²) in [6.45, 7) is 12.9. The van der Waals surface area contributed by atoms with Crippen LogP contribution in [0.1, 0.15) is 60.8 Å². The second-order valence-electron chi connectivity index (χ2n) is 4.82. The fraction of sp³-hybridized carbons (Fsp3) is 0.867. The van der Waals surface area contributed by atoms with E-state index in [9.17, 15) is 4.79 Å². The van der Waals surface area contributed by atoms with Crippen molar-refractivity contribution in [3.8, 4) is 0 Å². The highest BCUT2D eigenvalue weighted by molar-refractivity contribution is 6.38. The second kappa shape index (κ2) is 11.2. The van der Waals surface area contributed by atoms with Crippen LogP contribution in [0.2, 0.25) is 0 Å². The SMILES string of the molecule is CC.CCCC(CC)CN(C)C(=O)C(=N)C(C)C. The van der Waals surface area contributed by atoms with E-state index in [1.807, 2.05) is 27.7 Å². The van der Waals surface area contributed by atoms with Crippen LogP contribution in [0.15, 0.2) is 0 Å². The molecule has 0 saturated carbocycles. The maximum atomic E-state index is 11.8. The number of hydrogen-bond donors (Lipinski definition) is 1. The zero-order valence-electron chi connectivity index (χ0n) is 13.3. The summed E-state index contributed by atoms with van der Waals surface area (Å²) in [6.07, 6.45) is 3.41. The van der Waals surface area contributed by atoms with Gasteiger partial charge in [-0.25, -0.2) is 0 Å². The lowest BCUT2D eigenvalue weighted by Crippen LogP contribution is -2.38. The molecule has 0 heterocycles. The molecule has 0 radical (unpaired) electrons. The molecule has 3 heteroatoms. The van der Waals surface area contributed by atoms with E-state index in [2.05, 4.69) is 13.8 Å². The Morgan fingerprint density at radius 3 is 2.06 bits per heavy atom. The summed E-state index contributed by atoms with van der Waals surface area (Å²) in [5.41, 5.74) is 0.217. The van der Waals surface area contributed by atoms with Crippen LogP contribution in [0.5, 0.6) is 0 Å². The number of nitrogens with one attached hydrogen (secondary N) is 1. The highest BCUT2D eigenvalue weighted by Crippen LogP contribution is 2.12. The van der Waals surface area contributed by atoms with E-state index < -0.39 is 0 Å². The van der Waals surface area contributed by atoms with Crippen molar-refractivity contribution in [2.24, 2.45) is 11.8 Å². The van der Waals surface area contributed by atoms with E-state index in [0.717, 1.165) is 25.8 Å². The normalized spacial score (nSPS) is 11.6. The van der Waals surface area contributed by atoms with E-state index in [-0.39, 0.29) is 17.5 Å². The van der Waals surface area contributed by atoms with Crippen LogP contribution in [0.25, 0.3) is 0 Å². The predicted octanol–water partition coefficient (Wildman–Crippen LogP) is 3.97. The molecular weight excluding hydrogens is 224 g/mol. The predicted molar refractivity (Wildman–Crippen MR) is 80.2 cm³/mol. The number of rotatable bonds is 7. The van der Waals surface area contributed by atoms with Crippen molar-refractivity contribution < 1.29 is 4.79 Å². The van der Waals surface area contributed by atoms with E-state index in [1.165, 1.54) is 0 Å². The molecule has 0 spiro atoms. The summed E-state index contributed by atoms with van der Waals surface area (Å²) in [4.78, 5) is 13.5. The van der Waals surface area contributed by atoms with E-state index in [4.69, 9.17) is 5.41 Å². The average molecular weight is 256 g/mol. The van der Waals surface area contributed by atoms with Gasteiger partial charge in [0.1, 0.15) is 0 Å². The molecule has 108 valence electrons. The molecular formula is C15H32N2O. The maximum absolute atomic E-state index is 11.8. The summed E-state index contributed by atoms with van der Waals surface area (Å²) >= 11 is 0. The first-order chi connectivity index (χ1) is 8.43. The molecule has 0 rings (SSSR count). The maximum Gasteiger partial charge on any atom is 0.267 e. The minimum atomic E-state index is -0.121. The monoisotopic (exact) mass is 256 g/mol. The number of carbonyl (C=O) groups is 1. The summed E-state index contributed by atoms with van der Waals surface area (Å²) in [5.74, 6) is 0.463. The summed E-state index contributed by atoms with van der Waals surface area (Å²) in [7, 11) is 1.80. The van der Waals surface area contributed by atoms with Crippen molar-refractivity contribution in [2.75, 3.05) is 13.6 Å². The van der Waals surface area contributed by atoms with Crippen LogP contribution < -0.4 is 0 Å². The molecule has 0 saturated heterocycles. The molecule has 0 fully saturated rings. The van der Waals surface area contributed by atoms with Crippen molar-refractivity contribution in [1.82, 2.24) is 4.90 Å². The van der Waals surface area contributed by atoms with Crippen LogP contribution in [-0.2, 0) is 4.79 Å². The minimum Gasteiger partial charge on any atom is -0.340 e. The highest BCUT2D eigenvalue weighted by Gasteiger charge is 2.19. The molecule has 0 bridgehead atoms. The van der Waals surface area contributed by atoms with Gasteiger partial charge in [-0.1, -0.05) is 54.4 Å². The van der Waals surface area contributed by atoms with Crippen LogP contribution in [0.3, 0.4) is 0 Å². The third-order valence-electron chi connectivity index (χ3n) is 2.96. The Morgan fingerprint density at radius 2 is 1.72 bits per heavy atom. The minimum absolute atomic E-state index is 0.0150. The molecule has 1 unspecified atom stereocenters. The van der Waals surface area contributed by atoms with Gasteiger partial charge >= 0.3 is 0 Å². The Morgan fingerprint density at radius 1 is 1.22 bits per heavy atom. The Hall–Kier alpha value is -0.860.